The molecule has 0 saturated heterocycles. The molecule has 3 rings (SSSR count). The number of fused-ring (bicyclic) bond motifs is 1. The zero-order valence-electron chi connectivity index (χ0n) is 19.8. The average Bonchev–Trinajstić information content (AvgIpc) is 3.09. The van der Waals surface area contributed by atoms with E-state index in [0.717, 1.165) is 62.5 Å². The van der Waals surface area contributed by atoms with Gasteiger partial charge in [0, 0.05) is 18.4 Å². The fourth-order valence-corrected chi connectivity index (χ4v) is 6.77. The summed E-state index contributed by atoms with van der Waals surface area (Å²) in [7, 11) is 0. The standard InChI is InChI=1S/C27H44O4/c1-18(7-5-13-26(3,4)31)23-11-12-24-20(8-6-14-27(23,24)17-28)9-10-21-15-22(29)16-25(30)19(21)2/h9-10,18,22-25,28-31H,2,5-8,11-17H2,1,3-4H3/b20-9+,21-10+/t18-,22-,23-,24+,25+,27+/m1/s1. The predicted molar refractivity (Wildman–Crippen MR) is 125 cm³/mol. The zero-order chi connectivity index (χ0) is 22.8. The van der Waals surface area contributed by atoms with E-state index in [2.05, 4.69) is 25.7 Å². The highest BCUT2D eigenvalue weighted by Gasteiger charge is 2.53. The first kappa shape index (κ1) is 24.7. The van der Waals surface area contributed by atoms with E-state index in [0.29, 0.717) is 30.6 Å². The molecule has 0 aromatic rings. The van der Waals surface area contributed by atoms with Crippen molar-refractivity contribution in [1.82, 2.24) is 0 Å². The minimum Gasteiger partial charge on any atom is -0.396 e. The average molecular weight is 433 g/mol. The first-order valence-electron chi connectivity index (χ1n) is 12.4. The lowest BCUT2D eigenvalue weighted by Crippen LogP contribution is -2.41. The van der Waals surface area contributed by atoms with Crippen LogP contribution in [0.15, 0.2) is 35.5 Å². The van der Waals surface area contributed by atoms with E-state index < -0.39 is 17.8 Å². The molecule has 31 heavy (non-hydrogen) atoms. The lowest BCUT2D eigenvalue weighted by Gasteiger charge is -2.46. The van der Waals surface area contributed by atoms with Crippen LogP contribution < -0.4 is 0 Å². The molecule has 3 saturated carbocycles. The van der Waals surface area contributed by atoms with Gasteiger partial charge in [-0.25, -0.2) is 0 Å². The molecule has 0 bridgehead atoms. The van der Waals surface area contributed by atoms with Gasteiger partial charge in [-0.1, -0.05) is 44.1 Å². The Labute approximate surface area is 188 Å². The van der Waals surface area contributed by atoms with Crippen molar-refractivity contribution in [2.24, 2.45) is 23.2 Å². The van der Waals surface area contributed by atoms with Gasteiger partial charge in [-0.15, -0.1) is 0 Å². The molecule has 176 valence electrons. The highest BCUT2D eigenvalue weighted by Crippen LogP contribution is 2.60. The predicted octanol–water partition coefficient (Wildman–Crippen LogP) is 4.68. The minimum atomic E-state index is -0.656. The number of aliphatic hydroxyl groups excluding tert-OH is 3. The molecule has 0 aliphatic heterocycles. The van der Waals surface area contributed by atoms with Crippen LogP contribution in [0.25, 0.3) is 0 Å². The maximum atomic E-state index is 10.6. The molecule has 0 unspecified atom stereocenters. The summed E-state index contributed by atoms with van der Waals surface area (Å²) in [5, 5.41) is 40.8. The first-order chi connectivity index (χ1) is 14.6. The quantitative estimate of drug-likeness (QED) is 0.471. The van der Waals surface area contributed by atoms with E-state index in [4.69, 9.17) is 0 Å². The fourth-order valence-electron chi connectivity index (χ4n) is 6.77. The Morgan fingerprint density at radius 2 is 1.97 bits per heavy atom. The number of hydrogen-bond acceptors (Lipinski definition) is 4. The number of aliphatic hydroxyl groups is 4. The van der Waals surface area contributed by atoms with Gasteiger partial charge in [0.2, 0.25) is 0 Å². The Bertz CT molecular complexity index is 701. The van der Waals surface area contributed by atoms with Gasteiger partial charge in [0.25, 0.3) is 0 Å². The van der Waals surface area contributed by atoms with Gasteiger partial charge < -0.3 is 20.4 Å². The molecule has 0 aromatic heterocycles. The molecule has 0 radical (unpaired) electrons. The molecule has 0 aromatic carbocycles. The Balaban J connectivity index is 1.75. The molecule has 0 amide bonds. The number of rotatable bonds is 7. The Kier molecular flexibility index (Phi) is 7.89. The van der Waals surface area contributed by atoms with Crippen LogP contribution in [0.1, 0.15) is 85.0 Å². The van der Waals surface area contributed by atoms with Gasteiger partial charge in [-0.3, -0.25) is 0 Å². The van der Waals surface area contributed by atoms with Crippen molar-refractivity contribution in [3.05, 3.63) is 35.5 Å². The summed E-state index contributed by atoms with van der Waals surface area (Å²) in [5.41, 5.74) is 2.47. The van der Waals surface area contributed by atoms with Crippen molar-refractivity contribution in [3.63, 3.8) is 0 Å². The second kappa shape index (κ2) is 9.91. The summed E-state index contributed by atoms with van der Waals surface area (Å²) < 4.78 is 0. The maximum absolute atomic E-state index is 10.6. The Hall–Kier alpha value is -0.940. The second-order valence-electron chi connectivity index (χ2n) is 11.2. The normalized spacial score (nSPS) is 38.0. The fraction of sp³-hybridized carbons (Fsp3) is 0.778. The van der Waals surface area contributed by atoms with Crippen molar-refractivity contribution in [3.8, 4) is 0 Å². The van der Waals surface area contributed by atoms with Crippen molar-refractivity contribution in [2.75, 3.05) is 6.61 Å². The summed E-state index contributed by atoms with van der Waals surface area (Å²) in [6.45, 7) is 10.4. The highest BCUT2D eigenvalue weighted by atomic mass is 16.3. The molecule has 3 aliphatic carbocycles. The van der Waals surface area contributed by atoms with Crippen molar-refractivity contribution >= 4 is 0 Å². The summed E-state index contributed by atoms with van der Waals surface area (Å²) in [5.74, 6) is 1.48. The van der Waals surface area contributed by atoms with Gasteiger partial charge >= 0.3 is 0 Å². The summed E-state index contributed by atoms with van der Waals surface area (Å²) in [6, 6.07) is 0. The first-order valence-corrected chi connectivity index (χ1v) is 12.4. The third kappa shape index (κ3) is 5.52. The minimum absolute atomic E-state index is 0.0284. The molecule has 4 N–H and O–H groups in total. The van der Waals surface area contributed by atoms with Crippen LogP contribution in [0, 0.1) is 23.2 Å². The van der Waals surface area contributed by atoms with Crippen LogP contribution >= 0.6 is 0 Å². The number of allylic oxidation sites excluding steroid dienone is 3. The topological polar surface area (TPSA) is 80.9 Å². The van der Waals surface area contributed by atoms with E-state index in [1.807, 2.05) is 13.8 Å². The van der Waals surface area contributed by atoms with Gasteiger partial charge in [0.1, 0.15) is 0 Å². The van der Waals surface area contributed by atoms with E-state index in [1.54, 1.807) is 0 Å². The van der Waals surface area contributed by atoms with Crippen molar-refractivity contribution in [1.29, 1.82) is 0 Å². The van der Waals surface area contributed by atoms with E-state index >= 15 is 0 Å². The van der Waals surface area contributed by atoms with Gasteiger partial charge in [0.15, 0.2) is 0 Å². The summed E-state index contributed by atoms with van der Waals surface area (Å²) in [4.78, 5) is 0. The molecule has 3 aliphatic rings. The molecule has 3 fully saturated rings. The molecule has 4 nitrogen and oxygen atoms in total. The molecular formula is C27H44O4. The van der Waals surface area contributed by atoms with Crippen molar-refractivity contribution in [2.45, 2.75) is 103 Å². The summed E-state index contributed by atoms with van der Waals surface area (Å²) in [6.07, 6.45) is 12.5. The highest BCUT2D eigenvalue weighted by molar-refractivity contribution is 5.38. The monoisotopic (exact) mass is 432 g/mol. The van der Waals surface area contributed by atoms with Crippen LogP contribution in [0.5, 0.6) is 0 Å². The molecule has 0 spiro atoms. The Morgan fingerprint density at radius 3 is 2.65 bits per heavy atom. The van der Waals surface area contributed by atoms with Gasteiger partial charge in [-0.2, -0.15) is 0 Å². The SMILES string of the molecule is C=C1/C(=C/C=C2\CCC[C@]3(CO)[C@@H]([C@H](C)CCCC(C)(C)O)CC[C@@H]23)C[C@@H](O)C[C@@H]1O. The van der Waals surface area contributed by atoms with Crippen molar-refractivity contribution < 1.29 is 20.4 Å². The van der Waals surface area contributed by atoms with E-state index in [9.17, 15) is 20.4 Å². The van der Waals surface area contributed by atoms with Crippen LogP contribution in [0.3, 0.4) is 0 Å². The maximum Gasteiger partial charge on any atom is 0.0811 e. The molecular weight excluding hydrogens is 388 g/mol. The third-order valence-electron chi connectivity index (χ3n) is 8.45. The molecule has 6 atom stereocenters. The lowest BCUT2D eigenvalue weighted by atomic mass is 9.60. The van der Waals surface area contributed by atoms with Gasteiger partial charge in [0.05, 0.1) is 17.8 Å². The molecule has 4 heteroatoms. The smallest absolute Gasteiger partial charge is 0.0811 e. The van der Waals surface area contributed by atoms with E-state index in [-0.39, 0.29) is 12.0 Å². The van der Waals surface area contributed by atoms with Crippen LogP contribution in [0.4, 0.5) is 0 Å². The zero-order valence-corrected chi connectivity index (χ0v) is 19.8. The largest absolute Gasteiger partial charge is 0.396 e. The van der Waals surface area contributed by atoms with Crippen LogP contribution in [-0.4, -0.2) is 44.8 Å². The van der Waals surface area contributed by atoms with Crippen LogP contribution in [0.2, 0.25) is 0 Å². The second-order valence-corrected chi connectivity index (χ2v) is 11.2. The molecule has 0 heterocycles. The third-order valence-corrected chi connectivity index (χ3v) is 8.45. The van der Waals surface area contributed by atoms with Crippen LogP contribution in [-0.2, 0) is 0 Å². The Morgan fingerprint density at radius 1 is 1.23 bits per heavy atom. The summed E-state index contributed by atoms with van der Waals surface area (Å²) >= 11 is 0. The van der Waals surface area contributed by atoms with Gasteiger partial charge in [-0.05, 0) is 87.7 Å². The van der Waals surface area contributed by atoms with E-state index in [1.165, 1.54) is 5.57 Å². The number of hydrogen-bond donors (Lipinski definition) is 4. The lowest BCUT2D eigenvalue weighted by molar-refractivity contribution is 0.00550.